The second kappa shape index (κ2) is 8.23. The van der Waals surface area contributed by atoms with Crippen molar-refractivity contribution < 1.29 is 19.4 Å². The molecule has 0 unspecified atom stereocenters. The molecule has 0 bridgehead atoms. The van der Waals surface area contributed by atoms with E-state index in [1.54, 1.807) is 38.1 Å². The Morgan fingerprint density at radius 1 is 1.07 bits per heavy atom. The molecule has 0 aromatic heterocycles. The fourth-order valence-corrected chi connectivity index (χ4v) is 3.52. The lowest BCUT2D eigenvalue weighted by Gasteiger charge is -2.33. The number of likely N-dealkylation sites (tertiary alicyclic amines) is 1. The van der Waals surface area contributed by atoms with Crippen LogP contribution in [0.15, 0.2) is 48.5 Å². The first-order valence-electron chi connectivity index (χ1n) is 9.34. The summed E-state index contributed by atoms with van der Waals surface area (Å²) in [4.78, 5) is 25.9. The molecule has 1 N–H and O–H groups in total. The van der Waals surface area contributed by atoms with Gasteiger partial charge in [-0.1, -0.05) is 29.8 Å². The van der Waals surface area contributed by atoms with E-state index in [-0.39, 0.29) is 11.8 Å². The van der Waals surface area contributed by atoms with Crippen molar-refractivity contribution in [2.24, 2.45) is 0 Å². The zero-order valence-electron chi connectivity index (χ0n) is 16.0. The molecule has 1 aliphatic heterocycles. The Balaban J connectivity index is 1.69. The Morgan fingerprint density at radius 3 is 2.29 bits per heavy atom. The van der Waals surface area contributed by atoms with Crippen molar-refractivity contribution in [2.75, 3.05) is 13.1 Å². The van der Waals surface area contributed by atoms with Crippen molar-refractivity contribution in [1.82, 2.24) is 4.90 Å². The number of halogens is 1. The molecule has 1 heterocycles. The van der Waals surface area contributed by atoms with Crippen LogP contribution in [0, 0.1) is 0 Å². The maximum Gasteiger partial charge on any atom is 0.347 e. The number of rotatable bonds is 5. The highest BCUT2D eigenvalue weighted by Crippen LogP contribution is 2.36. The highest BCUT2D eigenvalue weighted by Gasteiger charge is 2.32. The largest absolute Gasteiger partial charge is 0.478 e. The van der Waals surface area contributed by atoms with Crippen molar-refractivity contribution >= 4 is 23.5 Å². The van der Waals surface area contributed by atoms with Crippen molar-refractivity contribution in [3.63, 3.8) is 0 Å². The first kappa shape index (κ1) is 20.2. The Kier molecular flexibility index (Phi) is 5.94. The minimum atomic E-state index is -1.30. The number of carbonyl (C=O) groups excluding carboxylic acids is 1. The van der Waals surface area contributed by atoms with Gasteiger partial charge in [0.2, 0.25) is 0 Å². The van der Waals surface area contributed by atoms with Crippen LogP contribution in [0.3, 0.4) is 0 Å². The second-order valence-electron chi connectivity index (χ2n) is 7.53. The monoisotopic (exact) mass is 401 g/mol. The SMILES string of the molecule is CC(C)(Oc1ccccc1C1CCN(C(=O)c2ccc(Cl)cc2)CC1)C(=O)O. The van der Waals surface area contributed by atoms with Crippen LogP contribution in [-0.2, 0) is 4.79 Å². The van der Waals surface area contributed by atoms with Gasteiger partial charge < -0.3 is 14.7 Å². The molecule has 1 aliphatic rings. The van der Waals surface area contributed by atoms with Crippen LogP contribution in [0.4, 0.5) is 0 Å². The number of ether oxygens (including phenoxy) is 1. The van der Waals surface area contributed by atoms with E-state index in [2.05, 4.69) is 0 Å². The van der Waals surface area contributed by atoms with Gasteiger partial charge in [0.15, 0.2) is 5.60 Å². The molecule has 1 saturated heterocycles. The summed E-state index contributed by atoms with van der Waals surface area (Å²) in [5, 5.41) is 9.96. The predicted molar refractivity (Wildman–Crippen MR) is 108 cm³/mol. The van der Waals surface area contributed by atoms with Crippen LogP contribution in [0.1, 0.15) is 48.5 Å². The van der Waals surface area contributed by atoms with Gasteiger partial charge in [0, 0.05) is 23.7 Å². The molecule has 6 heteroatoms. The van der Waals surface area contributed by atoms with Gasteiger partial charge in [-0.15, -0.1) is 0 Å². The summed E-state index contributed by atoms with van der Waals surface area (Å²) in [6, 6.07) is 14.5. The van der Waals surface area contributed by atoms with Gasteiger partial charge in [-0.2, -0.15) is 0 Å². The number of benzene rings is 2. The Labute approximate surface area is 169 Å². The number of hydrogen-bond donors (Lipinski definition) is 1. The molecule has 3 rings (SSSR count). The summed E-state index contributed by atoms with van der Waals surface area (Å²) >= 11 is 5.90. The van der Waals surface area contributed by atoms with E-state index in [9.17, 15) is 14.7 Å². The Bertz CT molecular complexity index is 855. The number of carboxylic acids is 1. The number of aliphatic carboxylic acids is 1. The van der Waals surface area contributed by atoms with Crippen molar-refractivity contribution in [2.45, 2.75) is 38.2 Å². The molecule has 28 heavy (non-hydrogen) atoms. The van der Waals surface area contributed by atoms with Gasteiger partial charge in [0.05, 0.1) is 0 Å². The summed E-state index contributed by atoms with van der Waals surface area (Å²) in [5.74, 6) is -0.190. The minimum absolute atomic E-state index is 0.00617. The van der Waals surface area contributed by atoms with E-state index >= 15 is 0 Å². The zero-order chi connectivity index (χ0) is 20.3. The second-order valence-corrected chi connectivity index (χ2v) is 7.97. The molecule has 2 aromatic carbocycles. The van der Waals surface area contributed by atoms with Crippen molar-refractivity contribution in [3.05, 3.63) is 64.7 Å². The van der Waals surface area contributed by atoms with Crippen molar-refractivity contribution in [1.29, 1.82) is 0 Å². The lowest BCUT2D eigenvalue weighted by molar-refractivity contribution is -0.152. The van der Waals surface area contributed by atoms with Crippen LogP contribution >= 0.6 is 11.6 Å². The van der Waals surface area contributed by atoms with E-state index < -0.39 is 11.6 Å². The maximum atomic E-state index is 12.7. The Hall–Kier alpha value is -2.53. The van der Waals surface area contributed by atoms with Crippen LogP contribution in [0.2, 0.25) is 5.02 Å². The maximum absolute atomic E-state index is 12.7. The summed E-state index contributed by atoms with van der Waals surface area (Å²) in [7, 11) is 0. The molecule has 0 radical (unpaired) electrons. The topological polar surface area (TPSA) is 66.8 Å². The van der Waals surface area contributed by atoms with E-state index in [0.717, 1.165) is 18.4 Å². The number of hydrogen-bond acceptors (Lipinski definition) is 3. The molecule has 5 nitrogen and oxygen atoms in total. The van der Waals surface area contributed by atoms with E-state index in [1.165, 1.54) is 0 Å². The van der Waals surface area contributed by atoms with E-state index in [4.69, 9.17) is 16.3 Å². The molecule has 148 valence electrons. The highest BCUT2D eigenvalue weighted by atomic mass is 35.5. The Morgan fingerprint density at radius 2 is 1.68 bits per heavy atom. The summed E-state index contributed by atoms with van der Waals surface area (Å²) < 4.78 is 5.81. The number of para-hydroxylation sites is 1. The third-order valence-corrected chi connectivity index (χ3v) is 5.36. The first-order valence-corrected chi connectivity index (χ1v) is 9.72. The summed E-state index contributed by atoms with van der Waals surface area (Å²) in [5.41, 5.74) is 0.326. The standard InChI is InChI=1S/C22H24ClNO4/c1-22(2,21(26)27)28-19-6-4-3-5-18(19)15-11-13-24(14-12-15)20(25)16-7-9-17(23)10-8-16/h3-10,15H,11-14H2,1-2H3,(H,26,27). The normalized spacial score (nSPS) is 15.3. The minimum Gasteiger partial charge on any atom is -0.478 e. The lowest BCUT2D eigenvalue weighted by atomic mass is 9.88. The molecule has 0 saturated carbocycles. The molecule has 1 fully saturated rings. The first-order chi connectivity index (χ1) is 13.3. The summed E-state index contributed by atoms with van der Waals surface area (Å²) in [6.07, 6.45) is 1.60. The highest BCUT2D eigenvalue weighted by molar-refractivity contribution is 6.30. The van der Waals surface area contributed by atoms with Gasteiger partial charge in [0.1, 0.15) is 5.75 Å². The van der Waals surface area contributed by atoms with E-state index in [1.807, 2.05) is 29.2 Å². The number of carboxylic acid groups (broad SMARTS) is 1. The third kappa shape index (κ3) is 4.47. The average molecular weight is 402 g/mol. The van der Waals surface area contributed by atoms with E-state index in [0.29, 0.717) is 29.4 Å². The van der Waals surface area contributed by atoms with Gasteiger partial charge in [-0.05, 0) is 68.5 Å². The number of nitrogens with zero attached hydrogens (tertiary/aromatic N) is 1. The van der Waals surface area contributed by atoms with Gasteiger partial charge in [-0.3, -0.25) is 4.79 Å². The lowest BCUT2D eigenvalue weighted by Crippen LogP contribution is -2.39. The van der Waals surface area contributed by atoms with Gasteiger partial charge in [0.25, 0.3) is 5.91 Å². The molecular weight excluding hydrogens is 378 g/mol. The smallest absolute Gasteiger partial charge is 0.347 e. The fraction of sp³-hybridized carbons (Fsp3) is 0.364. The van der Waals surface area contributed by atoms with Crippen LogP contribution < -0.4 is 4.74 Å². The molecule has 1 amide bonds. The fourth-order valence-electron chi connectivity index (χ4n) is 3.40. The molecule has 0 spiro atoms. The zero-order valence-corrected chi connectivity index (χ0v) is 16.8. The van der Waals surface area contributed by atoms with Crippen LogP contribution in [0.25, 0.3) is 0 Å². The van der Waals surface area contributed by atoms with Crippen molar-refractivity contribution in [3.8, 4) is 5.75 Å². The average Bonchev–Trinajstić information content (AvgIpc) is 2.68. The quantitative estimate of drug-likeness (QED) is 0.794. The predicted octanol–water partition coefficient (Wildman–Crippen LogP) is 4.60. The molecule has 0 aliphatic carbocycles. The van der Waals surface area contributed by atoms with Gasteiger partial charge >= 0.3 is 5.97 Å². The van der Waals surface area contributed by atoms with Gasteiger partial charge in [-0.25, -0.2) is 4.79 Å². The molecule has 2 aromatic rings. The molecular formula is C22H24ClNO4. The number of amides is 1. The summed E-state index contributed by atoms with van der Waals surface area (Å²) in [6.45, 7) is 4.37. The van der Waals surface area contributed by atoms with Crippen LogP contribution in [-0.4, -0.2) is 40.6 Å². The molecule has 0 atom stereocenters. The number of carbonyl (C=O) groups is 2. The third-order valence-electron chi connectivity index (χ3n) is 5.11. The number of piperidine rings is 1. The van der Waals surface area contributed by atoms with Crippen LogP contribution in [0.5, 0.6) is 5.75 Å².